The molecule has 0 amide bonds. The lowest BCUT2D eigenvalue weighted by Gasteiger charge is -2.41. The lowest BCUT2D eigenvalue weighted by Crippen LogP contribution is -2.46. The minimum Gasteiger partial charge on any atom is -0.496 e. The van der Waals surface area contributed by atoms with Crippen LogP contribution in [0.15, 0.2) is 107 Å². The number of anilines is 2. The predicted molar refractivity (Wildman–Crippen MR) is 162 cm³/mol. The summed E-state index contributed by atoms with van der Waals surface area (Å²) in [5.74, 6) is 4.22. The van der Waals surface area contributed by atoms with E-state index in [1.54, 1.807) is 7.11 Å². The van der Waals surface area contributed by atoms with Crippen molar-refractivity contribution in [2.24, 2.45) is 9.98 Å². The first-order valence-corrected chi connectivity index (χ1v) is 13.7. The summed E-state index contributed by atoms with van der Waals surface area (Å²) in [5.41, 5.74) is 6.41. The molecule has 0 bridgehead atoms. The Bertz CT molecular complexity index is 1910. The molecule has 1 unspecified atom stereocenters. The van der Waals surface area contributed by atoms with E-state index < -0.39 is 0 Å². The molecular formula is C33H26N6O3. The van der Waals surface area contributed by atoms with Crippen LogP contribution >= 0.6 is 0 Å². The van der Waals surface area contributed by atoms with E-state index in [0.29, 0.717) is 17.4 Å². The topological polar surface area (TPSA) is 85.5 Å². The van der Waals surface area contributed by atoms with Crippen molar-refractivity contribution >= 4 is 34.6 Å². The van der Waals surface area contributed by atoms with E-state index in [-0.39, 0.29) is 12.8 Å². The molecule has 42 heavy (non-hydrogen) atoms. The molecule has 0 saturated carbocycles. The highest BCUT2D eigenvalue weighted by Crippen LogP contribution is 2.50. The number of hydrogen-bond acceptors (Lipinski definition) is 8. The number of rotatable bonds is 4. The van der Waals surface area contributed by atoms with Crippen molar-refractivity contribution in [2.45, 2.75) is 13.0 Å². The number of aromatic nitrogens is 2. The lowest BCUT2D eigenvalue weighted by atomic mass is 9.92. The Morgan fingerprint density at radius 3 is 2.52 bits per heavy atom. The second kappa shape index (κ2) is 9.52. The third-order valence-corrected chi connectivity index (χ3v) is 7.71. The molecule has 4 heterocycles. The molecule has 0 spiro atoms. The zero-order valence-electron chi connectivity index (χ0n) is 23.0. The van der Waals surface area contributed by atoms with Gasteiger partial charge in [0.25, 0.3) is 0 Å². The van der Waals surface area contributed by atoms with Gasteiger partial charge < -0.3 is 24.4 Å². The molecular weight excluding hydrogens is 528 g/mol. The van der Waals surface area contributed by atoms with E-state index in [1.165, 1.54) is 0 Å². The SMILES string of the molecule is COc1ccccc1C1c2c(C)nn(-c3ccccc3)c2N=C2C(Nc3ccc4c(c3)OCO4)=Nc3ccccc3N21. The Balaban J connectivity index is 1.38. The van der Waals surface area contributed by atoms with Crippen molar-refractivity contribution in [3.63, 3.8) is 0 Å². The van der Waals surface area contributed by atoms with Gasteiger partial charge >= 0.3 is 0 Å². The quantitative estimate of drug-likeness (QED) is 0.266. The second-order valence-electron chi connectivity index (χ2n) is 10.2. The highest BCUT2D eigenvalue weighted by molar-refractivity contribution is 6.51. The molecule has 1 aromatic heterocycles. The van der Waals surface area contributed by atoms with Crippen LogP contribution in [0.25, 0.3) is 5.69 Å². The number of nitrogens with one attached hydrogen (secondary N) is 1. The third kappa shape index (κ3) is 3.74. The molecule has 4 aromatic carbocycles. The fourth-order valence-corrected chi connectivity index (χ4v) is 5.84. The standard InChI is InChI=1S/C33H26N6O3/c1-20-29-30(23-12-6-9-15-26(23)40-2)38-25-14-8-7-13-24(25)35-31(34-21-16-17-27-28(18-21)42-19-41-27)33(38)36-32(29)39(37-20)22-10-4-3-5-11-22/h3-18,30H,19H2,1-2H3,(H,34,35). The molecule has 0 aliphatic carbocycles. The Hall–Kier alpha value is -5.57. The molecule has 1 atom stereocenters. The van der Waals surface area contributed by atoms with E-state index in [1.807, 2.05) is 96.5 Å². The predicted octanol–water partition coefficient (Wildman–Crippen LogP) is 6.71. The summed E-state index contributed by atoms with van der Waals surface area (Å²) in [4.78, 5) is 12.6. The summed E-state index contributed by atoms with van der Waals surface area (Å²) in [6.45, 7) is 2.25. The molecule has 8 rings (SSSR count). The summed E-state index contributed by atoms with van der Waals surface area (Å²) in [7, 11) is 1.70. The van der Waals surface area contributed by atoms with Crippen LogP contribution in [-0.4, -0.2) is 35.4 Å². The van der Waals surface area contributed by atoms with Gasteiger partial charge in [-0.25, -0.2) is 14.7 Å². The van der Waals surface area contributed by atoms with Gasteiger partial charge in [0.05, 0.1) is 35.9 Å². The minimum absolute atomic E-state index is 0.208. The molecule has 206 valence electrons. The molecule has 9 nitrogen and oxygen atoms in total. The molecule has 1 N–H and O–H groups in total. The summed E-state index contributed by atoms with van der Waals surface area (Å²) in [5, 5.41) is 8.54. The molecule has 3 aliphatic heterocycles. The van der Waals surface area contributed by atoms with Gasteiger partial charge in [-0.05, 0) is 49.4 Å². The highest BCUT2D eigenvalue weighted by atomic mass is 16.7. The second-order valence-corrected chi connectivity index (χ2v) is 10.2. The Morgan fingerprint density at radius 2 is 1.64 bits per heavy atom. The van der Waals surface area contributed by atoms with Gasteiger partial charge in [0.1, 0.15) is 5.75 Å². The average molecular weight is 555 g/mol. The molecule has 3 aliphatic rings. The van der Waals surface area contributed by atoms with Crippen molar-refractivity contribution in [3.05, 3.63) is 114 Å². The van der Waals surface area contributed by atoms with Crippen LogP contribution in [0.2, 0.25) is 0 Å². The van der Waals surface area contributed by atoms with Crippen LogP contribution in [0.4, 0.5) is 22.9 Å². The maximum atomic E-state index is 5.91. The first-order valence-electron chi connectivity index (χ1n) is 13.7. The van der Waals surface area contributed by atoms with Gasteiger partial charge in [-0.3, -0.25) is 0 Å². The third-order valence-electron chi connectivity index (χ3n) is 7.71. The highest BCUT2D eigenvalue weighted by Gasteiger charge is 2.42. The van der Waals surface area contributed by atoms with Gasteiger partial charge in [0.2, 0.25) is 6.79 Å². The first-order chi connectivity index (χ1) is 20.7. The van der Waals surface area contributed by atoms with E-state index >= 15 is 0 Å². The zero-order chi connectivity index (χ0) is 28.2. The zero-order valence-corrected chi connectivity index (χ0v) is 23.0. The number of amidine groups is 2. The number of ether oxygens (including phenoxy) is 3. The van der Waals surface area contributed by atoms with E-state index in [2.05, 4.69) is 22.3 Å². The Kier molecular flexibility index (Phi) is 5.49. The number of methoxy groups -OCH3 is 1. The molecule has 0 saturated heterocycles. The normalized spacial score (nSPS) is 16.1. The fraction of sp³-hybridized carbons (Fsp3) is 0.121. The van der Waals surface area contributed by atoms with Crippen molar-refractivity contribution in [1.82, 2.24) is 9.78 Å². The first kappa shape index (κ1) is 24.2. The van der Waals surface area contributed by atoms with E-state index in [0.717, 1.165) is 56.9 Å². The summed E-state index contributed by atoms with van der Waals surface area (Å²) in [6, 6.07) is 31.8. The van der Waals surface area contributed by atoms with Crippen LogP contribution in [0, 0.1) is 6.92 Å². The largest absolute Gasteiger partial charge is 0.496 e. The van der Waals surface area contributed by atoms with Gasteiger partial charge in [-0.15, -0.1) is 0 Å². The van der Waals surface area contributed by atoms with Gasteiger partial charge in [-0.2, -0.15) is 5.10 Å². The van der Waals surface area contributed by atoms with Gasteiger partial charge in [-0.1, -0.05) is 48.5 Å². The summed E-state index contributed by atoms with van der Waals surface area (Å²) < 4.78 is 19.0. The van der Waals surface area contributed by atoms with Crippen molar-refractivity contribution in [2.75, 3.05) is 24.1 Å². The molecule has 9 heteroatoms. The number of para-hydroxylation sites is 4. The Labute approximate surface area is 242 Å². The smallest absolute Gasteiger partial charge is 0.231 e. The van der Waals surface area contributed by atoms with Crippen molar-refractivity contribution in [3.8, 4) is 22.9 Å². The maximum Gasteiger partial charge on any atom is 0.231 e. The van der Waals surface area contributed by atoms with Crippen molar-refractivity contribution in [1.29, 1.82) is 0 Å². The average Bonchev–Trinajstić information content (AvgIpc) is 3.64. The molecule has 0 radical (unpaired) electrons. The number of fused-ring (bicyclic) bond motifs is 5. The number of nitrogens with zero attached hydrogens (tertiary/aromatic N) is 5. The van der Waals surface area contributed by atoms with Crippen LogP contribution in [0.5, 0.6) is 17.2 Å². The minimum atomic E-state index is -0.286. The Morgan fingerprint density at radius 1 is 0.857 bits per heavy atom. The number of aliphatic imine (C=N–C) groups is 2. The van der Waals surface area contributed by atoms with E-state index in [4.69, 9.17) is 29.3 Å². The van der Waals surface area contributed by atoms with E-state index in [9.17, 15) is 0 Å². The number of benzene rings is 4. The lowest BCUT2D eigenvalue weighted by molar-refractivity contribution is 0.174. The number of hydrogen-bond donors (Lipinski definition) is 1. The molecule has 5 aromatic rings. The van der Waals surface area contributed by atoms with Gasteiger partial charge in [0.15, 0.2) is 29.0 Å². The summed E-state index contributed by atoms with van der Waals surface area (Å²) in [6.07, 6.45) is 0. The van der Waals surface area contributed by atoms with Crippen LogP contribution in [0.3, 0.4) is 0 Å². The van der Waals surface area contributed by atoms with Gasteiger partial charge in [0, 0.05) is 22.9 Å². The van der Waals surface area contributed by atoms with Crippen LogP contribution in [0.1, 0.15) is 22.9 Å². The fourth-order valence-electron chi connectivity index (χ4n) is 5.84. The molecule has 0 fully saturated rings. The summed E-state index contributed by atoms with van der Waals surface area (Å²) >= 11 is 0. The maximum absolute atomic E-state index is 5.91. The monoisotopic (exact) mass is 554 g/mol. The van der Waals surface area contributed by atoms with Crippen LogP contribution in [-0.2, 0) is 0 Å². The van der Waals surface area contributed by atoms with Crippen molar-refractivity contribution < 1.29 is 14.2 Å². The number of aryl methyl sites for hydroxylation is 1. The van der Waals surface area contributed by atoms with Crippen LogP contribution < -0.4 is 24.4 Å².